The van der Waals surface area contributed by atoms with Crippen molar-refractivity contribution < 1.29 is 14.3 Å². The first-order chi connectivity index (χ1) is 10.2. The zero-order valence-corrected chi connectivity index (χ0v) is 12.6. The third-order valence-electron chi connectivity index (χ3n) is 4.31. The minimum absolute atomic E-state index is 0.0774. The van der Waals surface area contributed by atoms with Crippen molar-refractivity contribution in [3.63, 3.8) is 0 Å². The lowest BCUT2D eigenvalue weighted by Crippen LogP contribution is -2.54. The third kappa shape index (κ3) is 2.83. The lowest BCUT2D eigenvalue weighted by molar-refractivity contribution is -0.139. The smallest absolute Gasteiger partial charge is 0.229 e. The number of rotatable bonds is 2. The summed E-state index contributed by atoms with van der Waals surface area (Å²) in [6.07, 6.45) is 0.745. The Bertz CT molecular complexity index is 532. The van der Waals surface area contributed by atoms with Crippen molar-refractivity contribution in [2.75, 3.05) is 33.4 Å². The van der Waals surface area contributed by atoms with Crippen LogP contribution in [0.5, 0.6) is 11.5 Å². The van der Waals surface area contributed by atoms with Crippen LogP contribution < -0.4 is 14.8 Å². The molecule has 0 aliphatic carbocycles. The fourth-order valence-electron chi connectivity index (χ4n) is 3.04. The number of hydrogen-bond acceptors (Lipinski definition) is 4. The van der Waals surface area contributed by atoms with E-state index in [9.17, 15) is 4.79 Å². The maximum atomic E-state index is 12.7. The molecule has 0 radical (unpaired) electrons. The Hall–Kier alpha value is -1.75. The number of methoxy groups -OCH3 is 1. The third-order valence-corrected chi connectivity index (χ3v) is 4.31. The molecule has 0 unspecified atom stereocenters. The van der Waals surface area contributed by atoms with Crippen LogP contribution in [0.1, 0.15) is 12.5 Å². The van der Waals surface area contributed by atoms with Gasteiger partial charge in [0.15, 0.2) is 0 Å². The van der Waals surface area contributed by atoms with Gasteiger partial charge in [-0.15, -0.1) is 0 Å². The average molecular weight is 290 g/mol. The molecule has 0 spiro atoms. The number of nitrogens with one attached hydrogen (secondary N) is 1. The number of carbonyl (C=O) groups is 1. The van der Waals surface area contributed by atoms with Gasteiger partial charge in [0.05, 0.1) is 13.0 Å². The normalized spacial score (nSPS) is 25.0. The van der Waals surface area contributed by atoms with E-state index in [4.69, 9.17) is 9.47 Å². The van der Waals surface area contributed by atoms with Gasteiger partial charge in [0.1, 0.15) is 18.1 Å². The van der Waals surface area contributed by atoms with Gasteiger partial charge in [-0.2, -0.15) is 0 Å². The molecule has 1 fully saturated rings. The van der Waals surface area contributed by atoms with Gasteiger partial charge in [-0.25, -0.2) is 0 Å². The summed E-state index contributed by atoms with van der Waals surface area (Å²) in [5, 5.41) is 3.31. The van der Waals surface area contributed by atoms with Crippen molar-refractivity contribution in [3.05, 3.63) is 23.8 Å². The predicted molar refractivity (Wildman–Crippen MR) is 79.7 cm³/mol. The fraction of sp³-hybridized carbons (Fsp3) is 0.562. The number of hydrogen-bond donors (Lipinski definition) is 1. The summed E-state index contributed by atoms with van der Waals surface area (Å²) in [6.45, 7) is 5.07. The number of ether oxygens (including phenoxy) is 2. The van der Waals surface area contributed by atoms with Crippen LogP contribution in [0.25, 0.3) is 0 Å². The van der Waals surface area contributed by atoms with Crippen LogP contribution in [0, 0.1) is 5.92 Å². The van der Waals surface area contributed by atoms with Gasteiger partial charge >= 0.3 is 0 Å². The monoisotopic (exact) mass is 290 g/mol. The van der Waals surface area contributed by atoms with E-state index in [1.165, 1.54) is 0 Å². The van der Waals surface area contributed by atoms with E-state index >= 15 is 0 Å². The second-order valence-electron chi connectivity index (χ2n) is 5.77. The number of benzene rings is 1. The molecule has 21 heavy (non-hydrogen) atoms. The molecule has 1 N–H and O–H groups in total. The summed E-state index contributed by atoms with van der Waals surface area (Å²) in [4.78, 5) is 14.7. The molecule has 0 bridgehead atoms. The number of carbonyl (C=O) groups excluding carboxylic acids is 1. The quantitative estimate of drug-likeness (QED) is 0.885. The van der Waals surface area contributed by atoms with Gasteiger partial charge in [0, 0.05) is 31.7 Å². The Morgan fingerprint density at radius 3 is 3.10 bits per heavy atom. The molecule has 1 amide bonds. The largest absolute Gasteiger partial charge is 0.497 e. The second-order valence-corrected chi connectivity index (χ2v) is 5.77. The van der Waals surface area contributed by atoms with Crippen molar-refractivity contribution in [2.24, 2.45) is 5.92 Å². The van der Waals surface area contributed by atoms with E-state index in [2.05, 4.69) is 12.2 Å². The molecule has 2 atom stereocenters. The van der Waals surface area contributed by atoms with Crippen molar-refractivity contribution in [3.8, 4) is 11.5 Å². The SMILES string of the molecule is COc1ccc2c(c1)OC[C@@H](C(=O)N1CCNC[C@@H]1C)C2. The summed E-state index contributed by atoms with van der Waals surface area (Å²) < 4.78 is 11.0. The number of nitrogens with zero attached hydrogens (tertiary/aromatic N) is 1. The zero-order valence-electron chi connectivity index (χ0n) is 12.6. The van der Waals surface area contributed by atoms with E-state index in [-0.39, 0.29) is 17.9 Å². The Morgan fingerprint density at radius 2 is 2.33 bits per heavy atom. The number of fused-ring (bicyclic) bond motifs is 1. The summed E-state index contributed by atoms with van der Waals surface area (Å²) in [6, 6.07) is 6.06. The van der Waals surface area contributed by atoms with Crippen LogP contribution in [0.3, 0.4) is 0 Å². The molecule has 1 aromatic carbocycles. The molecular weight excluding hydrogens is 268 g/mol. The van der Waals surface area contributed by atoms with Crippen molar-refractivity contribution in [1.29, 1.82) is 0 Å². The Kier molecular flexibility index (Phi) is 4.01. The topological polar surface area (TPSA) is 50.8 Å². The van der Waals surface area contributed by atoms with E-state index in [1.54, 1.807) is 7.11 Å². The Balaban J connectivity index is 1.72. The molecule has 0 saturated carbocycles. The molecular formula is C16H22N2O3. The van der Waals surface area contributed by atoms with E-state index < -0.39 is 0 Å². The first-order valence-electron chi connectivity index (χ1n) is 7.50. The van der Waals surface area contributed by atoms with Crippen molar-refractivity contribution in [1.82, 2.24) is 10.2 Å². The van der Waals surface area contributed by atoms with Gasteiger partial charge in [-0.3, -0.25) is 4.79 Å². The minimum atomic E-state index is -0.0774. The van der Waals surface area contributed by atoms with Crippen molar-refractivity contribution in [2.45, 2.75) is 19.4 Å². The number of piperazine rings is 1. The standard InChI is InChI=1S/C16H22N2O3/c1-11-9-17-5-6-18(11)16(19)13-7-12-3-4-14(20-2)8-15(12)21-10-13/h3-4,8,11,13,17H,5-7,9-10H2,1-2H3/t11-,13-/m0/s1. The van der Waals surface area contributed by atoms with Crippen LogP contribution in [0.15, 0.2) is 18.2 Å². The molecule has 5 heteroatoms. The van der Waals surface area contributed by atoms with Gasteiger partial charge < -0.3 is 19.7 Å². The van der Waals surface area contributed by atoms with Gasteiger partial charge in [-0.05, 0) is 25.0 Å². The van der Waals surface area contributed by atoms with Crippen LogP contribution in [0.2, 0.25) is 0 Å². The maximum absolute atomic E-state index is 12.7. The van der Waals surface area contributed by atoms with Crippen LogP contribution in [-0.2, 0) is 11.2 Å². The zero-order chi connectivity index (χ0) is 14.8. The minimum Gasteiger partial charge on any atom is -0.497 e. The van der Waals surface area contributed by atoms with Gasteiger partial charge in [0.25, 0.3) is 0 Å². The summed E-state index contributed by atoms with van der Waals surface area (Å²) >= 11 is 0. The Morgan fingerprint density at radius 1 is 1.48 bits per heavy atom. The molecule has 3 rings (SSSR count). The highest BCUT2D eigenvalue weighted by Gasteiger charge is 2.32. The van der Waals surface area contributed by atoms with E-state index in [0.29, 0.717) is 6.61 Å². The maximum Gasteiger partial charge on any atom is 0.229 e. The number of amides is 1. The molecule has 114 valence electrons. The molecule has 2 aliphatic rings. The molecule has 1 saturated heterocycles. The van der Waals surface area contributed by atoms with E-state index in [1.807, 2.05) is 23.1 Å². The lowest BCUT2D eigenvalue weighted by atomic mass is 9.94. The van der Waals surface area contributed by atoms with Crippen LogP contribution >= 0.6 is 0 Å². The highest BCUT2D eigenvalue weighted by Crippen LogP contribution is 2.31. The molecule has 0 aromatic heterocycles. The summed E-state index contributed by atoms with van der Waals surface area (Å²) in [7, 11) is 1.64. The highest BCUT2D eigenvalue weighted by molar-refractivity contribution is 5.80. The molecule has 5 nitrogen and oxygen atoms in total. The summed E-state index contributed by atoms with van der Waals surface area (Å²) in [5.41, 5.74) is 1.09. The fourth-order valence-corrected chi connectivity index (χ4v) is 3.04. The van der Waals surface area contributed by atoms with Crippen molar-refractivity contribution >= 4 is 5.91 Å². The average Bonchev–Trinajstić information content (AvgIpc) is 2.53. The van der Waals surface area contributed by atoms with Crippen LogP contribution in [-0.4, -0.2) is 50.2 Å². The lowest BCUT2D eigenvalue weighted by Gasteiger charge is -2.37. The van der Waals surface area contributed by atoms with Gasteiger partial charge in [0.2, 0.25) is 5.91 Å². The van der Waals surface area contributed by atoms with E-state index in [0.717, 1.165) is 43.1 Å². The molecule has 2 aliphatic heterocycles. The first-order valence-corrected chi connectivity index (χ1v) is 7.50. The Labute approximate surface area is 125 Å². The molecule has 1 aromatic rings. The summed E-state index contributed by atoms with van der Waals surface area (Å²) in [5.74, 6) is 1.76. The molecule has 2 heterocycles. The second kappa shape index (κ2) is 5.93. The predicted octanol–water partition coefficient (Wildman–Crippen LogP) is 1.07. The van der Waals surface area contributed by atoms with Crippen LogP contribution in [0.4, 0.5) is 0 Å². The van der Waals surface area contributed by atoms with Gasteiger partial charge in [-0.1, -0.05) is 6.07 Å². The first kappa shape index (κ1) is 14.2. The highest BCUT2D eigenvalue weighted by atomic mass is 16.5.